The number of phenols is 1. The molecule has 0 saturated carbocycles. The second kappa shape index (κ2) is 4.73. The number of likely N-dealkylation sites (tertiary alicyclic amines) is 1. The minimum Gasteiger partial charge on any atom is -0.508 e. The molecule has 1 atom stereocenters. The van der Waals surface area contributed by atoms with Crippen molar-refractivity contribution >= 4 is 15.9 Å². The number of halogens is 1. The van der Waals surface area contributed by atoms with Crippen molar-refractivity contribution in [1.82, 2.24) is 4.90 Å². The number of hydrogen-bond donors (Lipinski definition) is 2. The van der Waals surface area contributed by atoms with Crippen molar-refractivity contribution in [2.45, 2.75) is 25.4 Å². The maximum atomic E-state index is 9.89. The summed E-state index contributed by atoms with van der Waals surface area (Å²) in [6, 6.07) is 6.16. The van der Waals surface area contributed by atoms with Crippen molar-refractivity contribution in [2.75, 3.05) is 13.1 Å². The Kier molecular flexibility index (Phi) is 3.52. The predicted octanol–water partition coefficient (Wildman–Crippen LogP) is 2.25. The van der Waals surface area contributed by atoms with E-state index in [9.17, 15) is 5.11 Å². The molecule has 0 aliphatic carbocycles. The molecule has 0 bridgehead atoms. The third-order valence-corrected chi connectivity index (χ3v) is 3.61. The predicted molar refractivity (Wildman–Crippen MR) is 68.4 cm³/mol. The number of rotatable bonds is 3. The molecule has 0 radical (unpaired) electrons. The van der Waals surface area contributed by atoms with Crippen molar-refractivity contribution in [3.63, 3.8) is 0 Å². The number of nitrogens with two attached hydrogens (primary N) is 1. The van der Waals surface area contributed by atoms with Gasteiger partial charge in [0, 0.05) is 35.2 Å². The van der Waals surface area contributed by atoms with Crippen LogP contribution in [0.4, 0.5) is 0 Å². The van der Waals surface area contributed by atoms with Gasteiger partial charge in [0.15, 0.2) is 0 Å². The molecule has 1 aliphatic rings. The standard InChI is InChI=1S/C12H17BrN2O/c1-2-11(15-6-9(14)7-15)10-5-8(13)3-4-12(10)16/h3-5,9,11,16H,2,6-7,14H2,1H3. The lowest BCUT2D eigenvalue weighted by Crippen LogP contribution is -2.56. The van der Waals surface area contributed by atoms with Crippen molar-refractivity contribution in [3.8, 4) is 5.75 Å². The second-order valence-electron chi connectivity index (χ2n) is 4.34. The highest BCUT2D eigenvalue weighted by molar-refractivity contribution is 9.10. The second-order valence-corrected chi connectivity index (χ2v) is 5.26. The van der Waals surface area contributed by atoms with Crippen molar-refractivity contribution < 1.29 is 5.11 Å². The van der Waals surface area contributed by atoms with E-state index in [-0.39, 0.29) is 6.04 Å². The molecule has 3 N–H and O–H groups in total. The quantitative estimate of drug-likeness (QED) is 0.895. The first-order chi connectivity index (χ1) is 7.61. The van der Waals surface area contributed by atoms with Crippen LogP contribution in [0.1, 0.15) is 24.9 Å². The molecule has 3 nitrogen and oxygen atoms in total. The average molecular weight is 285 g/mol. The fourth-order valence-electron chi connectivity index (χ4n) is 2.27. The van der Waals surface area contributed by atoms with Gasteiger partial charge in [-0.2, -0.15) is 0 Å². The molecule has 1 aliphatic heterocycles. The highest BCUT2D eigenvalue weighted by atomic mass is 79.9. The third-order valence-electron chi connectivity index (χ3n) is 3.11. The van der Waals surface area contributed by atoms with E-state index in [2.05, 4.69) is 27.8 Å². The van der Waals surface area contributed by atoms with Crippen LogP contribution in [0.5, 0.6) is 5.75 Å². The molecule has 2 rings (SSSR count). The van der Waals surface area contributed by atoms with Gasteiger partial charge in [-0.25, -0.2) is 0 Å². The molecule has 16 heavy (non-hydrogen) atoms. The smallest absolute Gasteiger partial charge is 0.120 e. The summed E-state index contributed by atoms with van der Waals surface area (Å²) in [6.45, 7) is 3.98. The highest BCUT2D eigenvalue weighted by Gasteiger charge is 2.31. The molecule has 4 heteroatoms. The number of phenolic OH excluding ortho intramolecular Hbond substituents is 1. The summed E-state index contributed by atoms with van der Waals surface area (Å²) in [7, 11) is 0. The minimum atomic E-state index is 0.275. The van der Waals surface area contributed by atoms with Gasteiger partial charge in [-0.1, -0.05) is 22.9 Å². The molecule has 1 aromatic rings. The van der Waals surface area contributed by atoms with E-state index in [0.29, 0.717) is 11.8 Å². The molecule has 1 unspecified atom stereocenters. The van der Waals surface area contributed by atoms with Gasteiger partial charge in [-0.15, -0.1) is 0 Å². The van der Waals surface area contributed by atoms with Crippen LogP contribution in [-0.4, -0.2) is 29.1 Å². The molecule has 1 heterocycles. The largest absolute Gasteiger partial charge is 0.508 e. The summed E-state index contributed by atoms with van der Waals surface area (Å²) < 4.78 is 1.00. The zero-order chi connectivity index (χ0) is 11.7. The first kappa shape index (κ1) is 11.9. The topological polar surface area (TPSA) is 49.5 Å². The van der Waals surface area contributed by atoms with Gasteiger partial charge in [0.2, 0.25) is 0 Å². The van der Waals surface area contributed by atoms with E-state index in [1.165, 1.54) is 0 Å². The van der Waals surface area contributed by atoms with Gasteiger partial charge < -0.3 is 10.8 Å². The average Bonchev–Trinajstić information content (AvgIpc) is 2.21. The maximum Gasteiger partial charge on any atom is 0.120 e. The van der Waals surface area contributed by atoms with Crippen molar-refractivity contribution in [1.29, 1.82) is 0 Å². The first-order valence-electron chi connectivity index (χ1n) is 5.60. The molecular weight excluding hydrogens is 268 g/mol. The Labute approximate surface area is 104 Å². The number of aromatic hydroxyl groups is 1. The number of nitrogens with zero attached hydrogens (tertiary/aromatic N) is 1. The molecule has 1 saturated heterocycles. The Morgan fingerprint density at radius 1 is 1.56 bits per heavy atom. The van der Waals surface area contributed by atoms with Crippen LogP contribution >= 0.6 is 15.9 Å². The van der Waals surface area contributed by atoms with Gasteiger partial charge in [0.25, 0.3) is 0 Å². The lowest BCUT2D eigenvalue weighted by Gasteiger charge is -2.42. The van der Waals surface area contributed by atoms with Gasteiger partial charge in [-0.05, 0) is 24.6 Å². The Balaban J connectivity index is 2.22. The summed E-state index contributed by atoms with van der Waals surface area (Å²) in [5.41, 5.74) is 6.78. The monoisotopic (exact) mass is 284 g/mol. The lowest BCUT2D eigenvalue weighted by molar-refractivity contribution is 0.0896. The van der Waals surface area contributed by atoms with Crippen LogP contribution in [0, 0.1) is 0 Å². The number of benzene rings is 1. The van der Waals surface area contributed by atoms with Crippen LogP contribution in [-0.2, 0) is 0 Å². The summed E-state index contributed by atoms with van der Waals surface area (Å²) in [4.78, 5) is 2.31. The van der Waals surface area contributed by atoms with Gasteiger partial charge in [-0.3, -0.25) is 4.90 Å². The van der Waals surface area contributed by atoms with Crippen molar-refractivity contribution in [3.05, 3.63) is 28.2 Å². The van der Waals surface area contributed by atoms with E-state index in [4.69, 9.17) is 5.73 Å². The summed E-state index contributed by atoms with van der Waals surface area (Å²) in [5.74, 6) is 0.371. The molecular formula is C12H17BrN2O. The molecule has 1 fully saturated rings. The summed E-state index contributed by atoms with van der Waals surface area (Å²) in [6.07, 6.45) is 0.983. The third kappa shape index (κ3) is 2.24. The Morgan fingerprint density at radius 3 is 2.81 bits per heavy atom. The van der Waals surface area contributed by atoms with E-state index in [1.807, 2.05) is 12.1 Å². The fraction of sp³-hybridized carbons (Fsp3) is 0.500. The maximum absolute atomic E-state index is 9.89. The molecule has 0 amide bonds. The van der Waals surface area contributed by atoms with Crippen LogP contribution in [0.25, 0.3) is 0 Å². The Hall–Kier alpha value is -0.580. The van der Waals surface area contributed by atoms with Gasteiger partial charge in [0.1, 0.15) is 5.75 Å². The molecule has 1 aromatic carbocycles. The minimum absolute atomic E-state index is 0.275. The van der Waals surface area contributed by atoms with E-state index < -0.39 is 0 Å². The first-order valence-corrected chi connectivity index (χ1v) is 6.39. The molecule has 0 spiro atoms. The zero-order valence-electron chi connectivity index (χ0n) is 9.36. The normalized spacial score (nSPS) is 19.4. The van der Waals surface area contributed by atoms with Crippen LogP contribution in [0.2, 0.25) is 0 Å². The van der Waals surface area contributed by atoms with E-state index in [0.717, 1.165) is 29.5 Å². The van der Waals surface area contributed by atoms with E-state index in [1.54, 1.807) is 6.07 Å². The van der Waals surface area contributed by atoms with Crippen molar-refractivity contribution in [2.24, 2.45) is 5.73 Å². The van der Waals surface area contributed by atoms with Crippen LogP contribution in [0.15, 0.2) is 22.7 Å². The summed E-state index contributed by atoms with van der Waals surface area (Å²) in [5, 5.41) is 9.89. The van der Waals surface area contributed by atoms with Gasteiger partial charge in [0.05, 0.1) is 0 Å². The lowest BCUT2D eigenvalue weighted by atomic mass is 9.97. The molecule has 0 aromatic heterocycles. The van der Waals surface area contributed by atoms with Crippen LogP contribution in [0.3, 0.4) is 0 Å². The Morgan fingerprint density at radius 2 is 2.25 bits per heavy atom. The SMILES string of the molecule is CCC(c1cc(Br)ccc1O)N1CC(N)C1. The highest BCUT2D eigenvalue weighted by Crippen LogP contribution is 2.35. The Bertz CT molecular complexity index is 377. The fourth-order valence-corrected chi connectivity index (χ4v) is 2.65. The number of hydrogen-bond acceptors (Lipinski definition) is 3. The zero-order valence-corrected chi connectivity index (χ0v) is 10.9. The molecule has 88 valence electrons. The summed E-state index contributed by atoms with van der Waals surface area (Å²) >= 11 is 3.44. The van der Waals surface area contributed by atoms with E-state index >= 15 is 0 Å². The van der Waals surface area contributed by atoms with Gasteiger partial charge >= 0.3 is 0 Å². The van der Waals surface area contributed by atoms with Crippen LogP contribution < -0.4 is 5.73 Å².